The molecule has 0 aromatic carbocycles. The predicted molar refractivity (Wildman–Crippen MR) is 87.3 cm³/mol. The second-order valence-corrected chi connectivity index (χ2v) is 8.43. The molecule has 0 aromatic rings. The summed E-state index contributed by atoms with van der Waals surface area (Å²) in [7, 11) is 6.30. The van der Waals surface area contributed by atoms with Crippen LogP contribution in [-0.4, -0.2) is 63.9 Å². The van der Waals surface area contributed by atoms with Crippen molar-refractivity contribution in [3.63, 3.8) is 0 Å². The zero-order valence-electron chi connectivity index (χ0n) is 13.7. The van der Waals surface area contributed by atoms with Crippen molar-refractivity contribution in [3.8, 4) is 0 Å². The maximum Gasteiger partial charge on any atom is 0.410 e. The van der Waals surface area contributed by atoms with Crippen LogP contribution in [0.2, 0.25) is 5.11 Å². The van der Waals surface area contributed by atoms with Crippen molar-refractivity contribution in [1.29, 1.82) is 0 Å². The van der Waals surface area contributed by atoms with Crippen LogP contribution in [0.5, 0.6) is 0 Å². The van der Waals surface area contributed by atoms with Crippen molar-refractivity contribution in [2.24, 2.45) is 11.8 Å². The molecule has 2 rings (SSSR count). The summed E-state index contributed by atoms with van der Waals surface area (Å²) >= 11 is 0. The minimum absolute atomic E-state index is 0.154. The van der Waals surface area contributed by atoms with Gasteiger partial charge in [-0.2, -0.15) is 0 Å². The molecule has 0 aromatic heterocycles. The minimum Gasteiger partial charge on any atom is -0.444 e. The van der Waals surface area contributed by atoms with Gasteiger partial charge in [0.15, 0.2) is 0 Å². The number of hydrogen-bond acceptors (Lipinski definition) is 3. The summed E-state index contributed by atoms with van der Waals surface area (Å²) in [6, 6.07) is 0. The molecule has 1 amide bonds. The van der Waals surface area contributed by atoms with Gasteiger partial charge in [-0.05, 0) is 33.6 Å². The van der Waals surface area contributed by atoms with E-state index in [2.05, 4.69) is 23.5 Å². The number of fused-ring (bicyclic) bond motifs is 2. The molecule has 1 saturated heterocycles. The van der Waals surface area contributed by atoms with E-state index in [0.29, 0.717) is 13.1 Å². The van der Waals surface area contributed by atoms with Gasteiger partial charge in [0.05, 0.1) is 29.1 Å². The third kappa shape index (κ3) is 2.61. The molecule has 1 saturated carbocycles. The first-order valence-electron chi connectivity index (χ1n) is 7.65. The van der Waals surface area contributed by atoms with Gasteiger partial charge in [-0.15, -0.1) is 0 Å². The van der Waals surface area contributed by atoms with Crippen molar-refractivity contribution < 1.29 is 14.6 Å². The highest BCUT2D eigenvalue weighted by molar-refractivity contribution is 6.59. The third-order valence-corrected chi connectivity index (χ3v) is 4.84. The van der Waals surface area contributed by atoms with Crippen LogP contribution in [-0.2, 0) is 4.74 Å². The lowest BCUT2D eigenvalue weighted by molar-refractivity contribution is -0.0837. The lowest BCUT2D eigenvalue weighted by Crippen LogP contribution is -2.61. The quantitative estimate of drug-likeness (QED) is 0.623. The molecular weight excluding hydrogens is 251 g/mol. The van der Waals surface area contributed by atoms with E-state index in [-0.39, 0.29) is 23.0 Å². The molecule has 1 aliphatic carbocycles. The van der Waals surface area contributed by atoms with E-state index < -0.39 is 11.2 Å². The van der Waals surface area contributed by atoms with Gasteiger partial charge in [0.1, 0.15) is 5.60 Å². The second kappa shape index (κ2) is 4.72. The van der Waals surface area contributed by atoms with Crippen LogP contribution in [0, 0.1) is 11.8 Å². The van der Waals surface area contributed by atoms with Crippen molar-refractivity contribution in [1.82, 2.24) is 4.90 Å². The molecule has 0 spiro atoms. The van der Waals surface area contributed by atoms with Crippen molar-refractivity contribution in [2.45, 2.75) is 49.9 Å². The van der Waals surface area contributed by atoms with Crippen molar-refractivity contribution >= 4 is 29.6 Å². The maximum absolute atomic E-state index is 12.2. The van der Waals surface area contributed by atoms with Gasteiger partial charge < -0.3 is 14.7 Å². The fourth-order valence-corrected chi connectivity index (χ4v) is 3.94. The first-order valence-corrected chi connectivity index (χ1v) is 7.65. The molecule has 1 aliphatic heterocycles. The Hall–Kier alpha value is -0.575. The largest absolute Gasteiger partial charge is 0.444 e. The summed E-state index contributed by atoms with van der Waals surface area (Å²) in [5.41, 5.74) is -1.13. The molecular formula is C13H26B3NO3. The van der Waals surface area contributed by atoms with Crippen molar-refractivity contribution in [3.05, 3.63) is 0 Å². The number of likely N-dealkylation sites (tertiary alicyclic amines) is 1. The van der Waals surface area contributed by atoms with Gasteiger partial charge in [-0.1, -0.05) is 5.11 Å². The SMILES string of the molecule is BC(B)(B)C1(O)C2CCC1CN(C(=O)OC(C)(C)C)C2. The van der Waals surface area contributed by atoms with Gasteiger partial charge in [0, 0.05) is 24.9 Å². The molecule has 20 heavy (non-hydrogen) atoms. The molecule has 110 valence electrons. The first kappa shape index (κ1) is 15.8. The fraction of sp³-hybridized carbons (Fsp3) is 0.923. The second-order valence-electron chi connectivity index (χ2n) is 8.43. The first-order chi connectivity index (χ1) is 8.95. The highest BCUT2D eigenvalue weighted by Gasteiger charge is 2.58. The Bertz CT molecular complexity index is 389. The number of nitrogens with zero attached hydrogens (tertiary/aromatic N) is 1. The fourth-order valence-electron chi connectivity index (χ4n) is 3.94. The van der Waals surface area contributed by atoms with Crippen LogP contribution in [0.15, 0.2) is 0 Å². The van der Waals surface area contributed by atoms with Crippen LogP contribution in [0.1, 0.15) is 33.6 Å². The average Bonchev–Trinajstić information content (AvgIpc) is 2.47. The molecule has 2 aliphatic rings. The highest BCUT2D eigenvalue weighted by Crippen LogP contribution is 2.53. The Morgan fingerprint density at radius 1 is 1.20 bits per heavy atom. The van der Waals surface area contributed by atoms with E-state index in [1.165, 1.54) is 0 Å². The minimum atomic E-state index is -0.661. The third-order valence-electron chi connectivity index (χ3n) is 4.84. The van der Waals surface area contributed by atoms with Crippen LogP contribution < -0.4 is 0 Å². The number of piperidine rings is 1. The molecule has 2 fully saturated rings. The average molecular weight is 277 g/mol. The van der Waals surface area contributed by atoms with E-state index in [9.17, 15) is 9.90 Å². The number of hydrogen-bond donors (Lipinski definition) is 1. The smallest absolute Gasteiger partial charge is 0.410 e. The number of rotatable bonds is 1. The topological polar surface area (TPSA) is 49.8 Å². The van der Waals surface area contributed by atoms with E-state index in [1.54, 1.807) is 4.90 Å². The van der Waals surface area contributed by atoms with E-state index in [4.69, 9.17) is 4.74 Å². The summed E-state index contributed by atoms with van der Waals surface area (Å²) in [5.74, 6) is 0.322. The van der Waals surface area contributed by atoms with Gasteiger partial charge >= 0.3 is 6.09 Å². The van der Waals surface area contributed by atoms with Crippen molar-refractivity contribution in [2.75, 3.05) is 13.1 Å². The number of aliphatic hydroxyl groups is 1. The summed E-state index contributed by atoms with van der Waals surface area (Å²) < 4.78 is 5.46. The normalized spacial score (nSPS) is 34.1. The van der Waals surface area contributed by atoms with Gasteiger partial charge in [-0.25, -0.2) is 4.79 Å². The summed E-state index contributed by atoms with van der Waals surface area (Å²) in [5, 5.41) is 11.0. The zero-order valence-corrected chi connectivity index (χ0v) is 13.7. The molecule has 0 radical (unpaired) electrons. The standard InChI is InChI=1S/C13H26B3NO3/c1-11(2,3)20-10(18)17-6-8-4-5-9(7-17)12(8,19)13(14,15)16/h8-9,19H,4-7,14-16H2,1-3H3. The maximum atomic E-state index is 12.2. The zero-order chi connectivity index (χ0) is 15.3. The van der Waals surface area contributed by atoms with E-state index in [1.807, 2.05) is 20.8 Å². The van der Waals surface area contributed by atoms with E-state index in [0.717, 1.165) is 12.8 Å². The highest BCUT2D eigenvalue weighted by atomic mass is 16.6. The lowest BCUT2D eigenvalue weighted by atomic mass is 9.33. The van der Waals surface area contributed by atoms with Gasteiger partial charge in [-0.3, -0.25) is 0 Å². The van der Waals surface area contributed by atoms with Crippen LogP contribution >= 0.6 is 0 Å². The molecule has 7 heteroatoms. The lowest BCUT2D eigenvalue weighted by Gasteiger charge is -2.52. The molecule has 2 bridgehead atoms. The monoisotopic (exact) mass is 277 g/mol. The number of carbonyl (C=O) groups excluding carboxylic acids is 1. The van der Waals surface area contributed by atoms with Crippen LogP contribution in [0.25, 0.3) is 0 Å². The predicted octanol–water partition coefficient (Wildman–Crippen LogP) is -1.03. The molecule has 2 unspecified atom stereocenters. The Balaban J connectivity index is 2.12. The number of amides is 1. The van der Waals surface area contributed by atoms with Crippen LogP contribution in [0.3, 0.4) is 0 Å². The summed E-state index contributed by atoms with van der Waals surface area (Å²) in [4.78, 5) is 14.0. The molecule has 1 heterocycles. The molecule has 1 N–H and O–H groups in total. The van der Waals surface area contributed by atoms with Gasteiger partial charge in [0.25, 0.3) is 0 Å². The molecule has 4 nitrogen and oxygen atoms in total. The molecule has 2 atom stereocenters. The summed E-state index contributed by atoms with van der Waals surface area (Å²) in [6.07, 6.45) is 1.75. The number of ether oxygens (including phenoxy) is 1. The Labute approximate surface area is 124 Å². The summed E-state index contributed by atoms with van der Waals surface area (Å²) in [6.45, 7) is 6.87. The number of carbonyl (C=O) groups is 1. The Morgan fingerprint density at radius 2 is 1.65 bits per heavy atom. The Morgan fingerprint density at radius 3 is 2.00 bits per heavy atom. The van der Waals surface area contributed by atoms with E-state index >= 15 is 0 Å². The Kier molecular flexibility index (Phi) is 3.73. The van der Waals surface area contributed by atoms with Crippen LogP contribution in [0.4, 0.5) is 4.79 Å². The van der Waals surface area contributed by atoms with Gasteiger partial charge in [0.2, 0.25) is 0 Å².